The summed E-state index contributed by atoms with van der Waals surface area (Å²) in [5, 5.41) is 6.89. The van der Waals surface area contributed by atoms with Gasteiger partial charge in [-0.3, -0.25) is 4.79 Å². The van der Waals surface area contributed by atoms with Crippen LogP contribution in [0, 0.1) is 13.8 Å². The molecule has 0 saturated carbocycles. The van der Waals surface area contributed by atoms with E-state index in [1.54, 1.807) is 6.92 Å². The summed E-state index contributed by atoms with van der Waals surface area (Å²) in [6.07, 6.45) is 2.69. The van der Waals surface area contributed by atoms with E-state index >= 15 is 0 Å². The molecule has 2 heterocycles. The highest BCUT2D eigenvalue weighted by Crippen LogP contribution is 2.45. The maximum absolute atomic E-state index is 12.8. The van der Waals surface area contributed by atoms with Gasteiger partial charge in [-0.25, -0.2) is 0 Å². The molecule has 1 aliphatic rings. The summed E-state index contributed by atoms with van der Waals surface area (Å²) in [6, 6.07) is 8.38. The molecule has 146 valence electrons. The fraction of sp³-hybridized carbons (Fsp3) is 0.571. The lowest BCUT2D eigenvalue weighted by Gasteiger charge is -2.45. The van der Waals surface area contributed by atoms with E-state index in [1.165, 1.54) is 11.1 Å². The van der Waals surface area contributed by atoms with Crippen LogP contribution in [0.25, 0.3) is 0 Å². The molecule has 6 nitrogen and oxygen atoms in total. The highest BCUT2D eigenvalue weighted by Gasteiger charge is 2.44. The third-order valence-corrected chi connectivity index (χ3v) is 5.29. The average molecular weight is 371 g/mol. The summed E-state index contributed by atoms with van der Waals surface area (Å²) >= 11 is 0. The van der Waals surface area contributed by atoms with E-state index in [9.17, 15) is 4.79 Å². The smallest absolute Gasteiger partial charge is 0.223 e. The third-order valence-electron chi connectivity index (χ3n) is 5.29. The molecule has 0 unspecified atom stereocenters. The summed E-state index contributed by atoms with van der Waals surface area (Å²) in [4.78, 5) is 17.0. The monoisotopic (exact) mass is 371 g/mol. The number of ether oxygens (including phenoxy) is 1. The van der Waals surface area contributed by atoms with E-state index in [0.717, 1.165) is 12.8 Å². The van der Waals surface area contributed by atoms with Crippen molar-refractivity contribution >= 4 is 5.91 Å². The fourth-order valence-corrected chi connectivity index (χ4v) is 4.25. The topological polar surface area (TPSA) is 77.2 Å². The van der Waals surface area contributed by atoms with E-state index in [2.05, 4.69) is 54.4 Å². The molecule has 1 amide bonds. The molecule has 0 radical (unpaired) electrons. The third kappa shape index (κ3) is 4.75. The van der Waals surface area contributed by atoms with Gasteiger partial charge in [-0.2, -0.15) is 4.98 Å². The molecule has 1 aliphatic heterocycles. The number of amides is 1. The minimum absolute atomic E-state index is 0.0520. The van der Waals surface area contributed by atoms with Crippen LogP contribution in [0.3, 0.4) is 0 Å². The van der Waals surface area contributed by atoms with Crippen LogP contribution in [-0.4, -0.2) is 34.8 Å². The van der Waals surface area contributed by atoms with Crippen molar-refractivity contribution in [1.82, 2.24) is 15.5 Å². The van der Waals surface area contributed by atoms with E-state index in [1.807, 2.05) is 6.07 Å². The minimum atomic E-state index is -0.247. The quantitative estimate of drug-likeness (QED) is 0.843. The zero-order valence-corrected chi connectivity index (χ0v) is 16.7. The molecular formula is C21H29N3O3. The zero-order chi connectivity index (χ0) is 19.5. The molecule has 27 heavy (non-hydrogen) atoms. The summed E-state index contributed by atoms with van der Waals surface area (Å²) < 4.78 is 10.9. The first kappa shape index (κ1) is 19.5. The number of aryl methyl sites for hydroxylation is 2. The summed E-state index contributed by atoms with van der Waals surface area (Å²) in [7, 11) is 0. The number of aromatic nitrogens is 2. The first-order valence-electron chi connectivity index (χ1n) is 9.56. The van der Waals surface area contributed by atoms with Gasteiger partial charge in [-0.05, 0) is 44.7 Å². The van der Waals surface area contributed by atoms with Gasteiger partial charge in [0.25, 0.3) is 0 Å². The molecular weight excluding hydrogens is 342 g/mol. The molecule has 1 aromatic heterocycles. The summed E-state index contributed by atoms with van der Waals surface area (Å²) in [6.45, 7) is 9.26. The molecule has 0 aliphatic carbocycles. The van der Waals surface area contributed by atoms with Gasteiger partial charge in [0.05, 0.1) is 5.60 Å². The Morgan fingerprint density at radius 2 is 2.04 bits per heavy atom. The number of nitrogens with zero attached hydrogens (tertiary/aromatic N) is 2. The van der Waals surface area contributed by atoms with Crippen molar-refractivity contribution in [2.45, 2.75) is 64.4 Å². The maximum atomic E-state index is 12.8. The standard InChI is InChI=1S/C21H29N3O3/c1-15-7-5-6-8-17(15)21(10-12-26-20(3,4)14-21)13-19(25)22-11-9-18-23-16(2)27-24-18/h5-8H,9-14H2,1-4H3,(H,22,25)/t21-/m0/s1. The molecule has 1 N–H and O–H groups in total. The Morgan fingerprint density at radius 3 is 2.70 bits per heavy atom. The maximum Gasteiger partial charge on any atom is 0.223 e. The van der Waals surface area contributed by atoms with Gasteiger partial charge in [0.2, 0.25) is 11.8 Å². The van der Waals surface area contributed by atoms with Gasteiger partial charge < -0.3 is 14.6 Å². The molecule has 1 aromatic carbocycles. The molecule has 2 aromatic rings. The number of carbonyl (C=O) groups is 1. The van der Waals surface area contributed by atoms with Crippen molar-refractivity contribution < 1.29 is 14.1 Å². The number of rotatable bonds is 6. The van der Waals surface area contributed by atoms with E-state index in [4.69, 9.17) is 9.26 Å². The SMILES string of the molecule is Cc1nc(CCNC(=O)C[C@@]2(c3ccccc3C)CCOC(C)(C)C2)no1. The molecule has 1 saturated heterocycles. The summed E-state index contributed by atoms with van der Waals surface area (Å²) in [5.74, 6) is 1.21. The van der Waals surface area contributed by atoms with E-state index in [0.29, 0.717) is 37.7 Å². The lowest BCUT2D eigenvalue weighted by atomic mass is 9.66. The number of hydrogen-bond acceptors (Lipinski definition) is 5. The van der Waals surface area contributed by atoms with Gasteiger partial charge in [-0.1, -0.05) is 29.4 Å². The second-order valence-electron chi connectivity index (χ2n) is 8.14. The van der Waals surface area contributed by atoms with Crippen molar-refractivity contribution in [3.8, 4) is 0 Å². The predicted octanol–water partition coefficient (Wildman–Crippen LogP) is 3.26. The number of nitrogens with one attached hydrogen (secondary N) is 1. The minimum Gasteiger partial charge on any atom is -0.376 e. The van der Waals surface area contributed by atoms with E-state index in [-0.39, 0.29) is 16.9 Å². The van der Waals surface area contributed by atoms with Gasteiger partial charge in [0, 0.05) is 38.3 Å². The van der Waals surface area contributed by atoms with Crippen LogP contribution in [0.1, 0.15) is 56.0 Å². The molecule has 6 heteroatoms. The normalized spacial score (nSPS) is 21.8. The fourth-order valence-electron chi connectivity index (χ4n) is 4.25. The van der Waals surface area contributed by atoms with Gasteiger partial charge in [-0.15, -0.1) is 0 Å². The molecule has 3 rings (SSSR count). The van der Waals surface area contributed by atoms with Crippen LogP contribution in [0.15, 0.2) is 28.8 Å². The molecule has 1 atom stereocenters. The summed E-state index contributed by atoms with van der Waals surface area (Å²) in [5.41, 5.74) is 2.03. The van der Waals surface area contributed by atoms with Crippen LogP contribution >= 0.6 is 0 Å². The largest absolute Gasteiger partial charge is 0.376 e. The number of benzene rings is 1. The predicted molar refractivity (Wildman–Crippen MR) is 102 cm³/mol. The van der Waals surface area contributed by atoms with Crippen LogP contribution < -0.4 is 5.32 Å². The highest BCUT2D eigenvalue weighted by atomic mass is 16.5. The second kappa shape index (κ2) is 7.80. The van der Waals surface area contributed by atoms with Gasteiger partial charge >= 0.3 is 0 Å². The highest BCUT2D eigenvalue weighted by molar-refractivity contribution is 5.77. The lowest BCUT2D eigenvalue weighted by Crippen LogP contribution is -2.47. The Kier molecular flexibility index (Phi) is 5.65. The van der Waals surface area contributed by atoms with Crippen molar-refractivity contribution in [2.24, 2.45) is 0 Å². The zero-order valence-electron chi connectivity index (χ0n) is 16.7. The van der Waals surface area contributed by atoms with Crippen molar-refractivity contribution in [3.63, 3.8) is 0 Å². The molecule has 0 bridgehead atoms. The van der Waals surface area contributed by atoms with Crippen LogP contribution in [0.4, 0.5) is 0 Å². The van der Waals surface area contributed by atoms with Gasteiger partial charge in [0.15, 0.2) is 5.82 Å². The van der Waals surface area contributed by atoms with E-state index < -0.39 is 0 Å². The number of carbonyl (C=O) groups excluding carboxylic acids is 1. The lowest BCUT2D eigenvalue weighted by molar-refractivity contribution is -0.126. The Balaban J connectivity index is 1.71. The van der Waals surface area contributed by atoms with Crippen molar-refractivity contribution in [3.05, 3.63) is 47.1 Å². The molecule has 0 spiro atoms. The van der Waals surface area contributed by atoms with Crippen LogP contribution in [-0.2, 0) is 21.4 Å². The van der Waals surface area contributed by atoms with Gasteiger partial charge in [0.1, 0.15) is 0 Å². The first-order chi connectivity index (χ1) is 12.8. The Labute approximate surface area is 160 Å². The van der Waals surface area contributed by atoms with Crippen LogP contribution in [0.2, 0.25) is 0 Å². The average Bonchev–Trinajstić information content (AvgIpc) is 2.99. The first-order valence-corrected chi connectivity index (χ1v) is 9.56. The van der Waals surface area contributed by atoms with Crippen molar-refractivity contribution in [2.75, 3.05) is 13.2 Å². The number of hydrogen-bond donors (Lipinski definition) is 1. The Morgan fingerprint density at radius 1 is 1.26 bits per heavy atom. The molecule has 1 fully saturated rings. The second-order valence-corrected chi connectivity index (χ2v) is 8.14. The van der Waals surface area contributed by atoms with Crippen molar-refractivity contribution in [1.29, 1.82) is 0 Å². The Bertz CT molecular complexity index is 799. The van der Waals surface area contributed by atoms with Crippen LogP contribution in [0.5, 0.6) is 0 Å². The Hall–Kier alpha value is -2.21.